The minimum atomic E-state index is -0.631. The van der Waals surface area contributed by atoms with E-state index in [0.29, 0.717) is 12.3 Å². The normalized spacial score (nSPS) is 19.1. The standard InChI is InChI=1S/C16H17NO4/c1-10(18)13-7-6-11-4-2-3-5-14(11)15(13)20-9-12-8-17-16(19)21-12/h2-7,10,12,18H,8-9H2,1H3,(H,17,19). The molecule has 0 saturated carbocycles. The first-order chi connectivity index (χ1) is 10.1. The van der Waals surface area contributed by atoms with Gasteiger partial charge in [-0.25, -0.2) is 4.79 Å². The molecule has 0 spiro atoms. The maximum Gasteiger partial charge on any atom is 0.407 e. The minimum Gasteiger partial charge on any atom is -0.489 e. The van der Waals surface area contributed by atoms with Crippen LogP contribution in [-0.4, -0.2) is 30.5 Å². The average Bonchev–Trinajstić information content (AvgIpc) is 2.90. The van der Waals surface area contributed by atoms with Gasteiger partial charge in [0.1, 0.15) is 12.4 Å². The molecule has 2 N–H and O–H groups in total. The highest BCUT2D eigenvalue weighted by molar-refractivity contribution is 5.89. The Morgan fingerprint density at radius 2 is 2.19 bits per heavy atom. The molecule has 2 unspecified atom stereocenters. The van der Waals surface area contributed by atoms with Gasteiger partial charge in [0, 0.05) is 10.9 Å². The summed E-state index contributed by atoms with van der Waals surface area (Å²) in [5.41, 5.74) is 0.728. The largest absolute Gasteiger partial charge is 0.489 e. The van der Waals surface area contributed by atoms with Crippen molar-refractivity contribution < 1.29 is 19.4 Å². The Kier molecular flexibility index (Phi) is 3.66. The maximum absolute atomic E-state index is 11.0. The summed E-state index contributed by atoms with van der Waals surface area (Å²) in [6.07, 6.45) is -1.36. The summed E-state index contributed by atoms with van der Waals surface area (Å²) in [6.45, 7) is 2.40. The van der Waals surface area contributed by atoms with Crippen molar-refractivity contribution >= 4 is 16.9 Å². The zero-order valence-corrected chi connectivity index (χ0v) is 11.7. The highest BCUT2D eigenvalue weighted by Gasteiger charge is 2.24. The van der Waals surface area contributed by atoms with E-state index in [0.717, 1.165) is 16.3 Å². The number of alkyl carbamates (subject to hydrolysis) is 1. The first-order valence-electron chi connectivity index (χ1n) is 6.92. The average molecular weight is 287 g/mol. The number of carbonyl (C=O) groups excluding carboxylic acids is 1. The van der Waals surface area contributed by atoms with Crippen LogP contribution in [0.4, 0.5) is 4.79 Å². The Hall–Kier alpha value is -2.27. The van der Waals surface area contributed by atoms with E-state index >= 15 is 0 Å². The summed E-state index contributed by atoms with van der Waals surface area (Å²) >= 11 is 0. The second kappa shape index (κ2) is 5.61. The molecule has 2 atom stereocenters. The van der Waals surface area contributed by atoms with Gasteiger partial charge in [0.15, 0.2) is 6.10 Å². The fourth-order valence-electron chi connectivity index (χ4n) is 2.45. The SMILES string of the molecule is CC(O)c1ccc2ccccc2c1OCC1CNC(=O)O1. The molecule has 3 rings (SSSR count). The molecule has 1 aliphatic rings. The van der Waals surface area contributed by atoms with E-state index < -0.39 is 12.2 Å². The van der Waals surface area contributed by atoms with Crippen molar-refractivity contribution in [2.24, 2.45) is 0 Å². The van der Waals surface area contributed by atoms with Gasteiger partial charge in [-0.15, -0.1) is 0 Å². The molecule has 1 saturated heterocycles. The molecule has 0 radical (unpaired) electrons. The maximum atomic E-state index is 11.0. The number of carbonyl (C=O) groups is 1. The van der Waals surface area contributed by atoms with Crippen LogP contribution in [0.5, 0.6) is 5.75 Å². The molecule has 1 heterocycles. The number of aliphatic hydroxyl groups is 1. The van der Waals surface area contributed by atoms with E-state index in [9.17, 15) is 9.90 Å². The Balaban J connectivity index is 1.90. The number of amides is 1. The van der Waals surface area contributed by atoms with Crippen molar-refractivity contribution in [1.82, 2.24) is 5.32 Å². The predicted octanol–water partition coefficient (Wildman–Crippen LogP) is 2.38. The Labute approximate surface area is 122 Å². The van der Waals surface area contributed by atoms with Gasteiger partial charge in [0.05, 0.1) is 12.6 Å². The van der Waals surface area contributed by atoms with Crippen LogP contribution in [0.15, 0.2) is 36.4 Å². The molecule has 0 aromatic heterocycles. The second-order valence-electron chi connectivity index (χ2n) is 5.10. The van der Waals surface area contributed by atoms with Crippen molar-refractivity contribution in [3.63, 3.8) is 0 Å². The van der Waals surface area contributed by atoms with Crippen molar-refractivity contribution in [3.8, 4) is 5.75 Å². The third-order valence-electron chi connectivity index (χ3n) is 3.52. The Bertz CT molecular complexity index is 668. The van der Waals surface area contributed by atoms with Crippen molar-refractivity contribution in [2.75, 3.05) is 13.2 Å². The van der Waals surface area contributed by atoms with Gasteiger partial charge in [-0.2, -0.15) is 0 Å². The molecule has 110 valence electrons. The minimum absolute atomic E-state index is 0.256. The molecule has 1 amide bonds. The van der Waals surface area contributed by atoms with E-state index in [4.69, 9.17) is 9.47 Å². The molecule has 0 aliphatic carbocycles. The van der Waals surface area contributed by atoms with Crippen molar-refractivity contribution in [3.05, 3.63) is 42.0 Å². The Morgan fingerprint density at radius 3 is 2.90 bits per heavy atom. The summed E-state index contributed by atoms with van der Waals surface area (Å²) in [6, 6.07) is 11.7. The molecular weight excluding hydrogens is 270 g/mol. The lowest BCUT2D eigenvalue weighted by Gasteiger charge is -2.17. The van der Waals surface area contributed by atoms with Crippen LogP contribution in [0.1, 0.15) is 18.6 Å². The summed E-state index contributed by atoms with van der Waals surface area (Å²) in [5.74, 6) is 0.644. The van der Waals surface area contributed by atoms with E-state index in [2.05, 4.69) is 5.32 Å². The number of fused-ring (bicyclic) bond motifs is 1. The lowest BCUT2D eigenvalue weighted by molar-refractivity contribution is 0.103. The van der Waals surface area contributed by atoms with Gasteiger partial charge in [0.2, 0.25) is 0 Å². The number of hydrogen-bond donors (Lipinski definition) is 2. The third kappa shape index (κ3) is 2.78. The molecule has 1 aliphatic heterocycles. The van der Waals surface area contributed by atoms with Gasteiger partial charge in [-0.1, -0.05) is 36.4 Å². The first-order valence-corrected chi connectivity index (χ1v) is 6.92. The van der Waals surface area contributed by atoms with Crippen LogP contribution < -0.4 is 10.1 Å². The Morgan fingerprint density at radius 1 is 1.38 bits per heavy atom. The van der Waals surface area contributed by atoms with E-state index in [-0.39, 0.29) is 12.7 Å². The van der Waals surface area contributed by atoms with Crippen LogP contribution in [-0.2, 0) is 4.74 Å². The van der Waals surface area contributed by atoms with Crippen LogP contribution in [0, 0.1) is 0 Å². The second-order valence-corrected chi connectivity index (χ2v) is 5.10. The highest BCUT2D eigenvalue weighted by atomic mass is 16.6. The third-order valence-corrected chi connectivity index (χ3v) is 3.52. The van der Waals surface area contributed by atoms with E-state index in [1.54, 1.807) is 6.92 Å². The van der Waals surface area contributed by atoms with Crippen molar-refractivity contribution in [2.45, 2.75) is 19.1 Å². The summed E-state index contributed by atoms with van der Waals surface area (Å²) in [5, 5.41) is 14.5. The topological polar surface area (TPSA) is 67.8 Å². The van der Waals surface area contributed by atoms with Gasteiger partial charge in [-0.3, -0.25) is 0 Å². The monoisotopic (exact) mass is 287 g/mol. The number of ether oxygens (including phenoxy) is 2. The molecular formula is C16H17NO4. The summed E-state index contributed by atoms with van der Waals surface area (Å²) in [4.78, 5) is 11.0. The number of rotatable bonds is 4. The number of benzene rings is 2. The smallest absolute Gasteiger partial charge is 0.407 e. The van der Waals surface area contributed by atoms with Gasteiger partial charge >= 0.3 is 6.09 Å². The lowest BCUT2D eigenvalue weighted by atomic mass is 10.0. The van der Waals surface area contributed by atoms with Gasteiger partial charge in [0.25, 0.3) is 0 Å². The van der Waals surface area contributed by atoms with Crippen LogP contribution in [0.25, 0.3) is 10.8 Å². The molecule has 2 aromatic rings. The fraction of sp³-hybridized carbons (Fsp3) is 0.312. The predicted molar refractivity (Wildman–Crippen MR) is 78.3 cm³/mol. The molecule has 5 heteroatoms. The number of hydrogen-bond acceptors (Lipinski definition) is 4. The zero-order valence-electron chi connectivity index (χ0n) is 11.7. The number of nitrogens with one attached hydrogen (secondary N) is 1. The van der Waals surface area contributed by atoms with Crippen LogP contribution in [0.3, 0.4) is 0 Å². The lowest BCUT2D eigenvalue weighted by Crippen LogP contribution is -2.22. The highest BCUT2D eigenvalue weighted by Crippen LogP contribution is 2.33. The van der Waals surface area contributed by atoms with Gasteiger partial charge in [-0.05, 0) is 12.3 Å². The van der Waals surface area contributed by atoms with E-state index in [1.807, 2.05) is 36.4 Å². The van der Waals surface area contributed by atoms with E-state index in [1.165, 1.54) is 0 Å². The summed E-state index contributed by atoms with van der Waals surface area (Å²) in [7, 11) is 0. The molecule has 1 fully saturated rings. The molecule has 2 aromatic carbocycles. The zero-order chi connectivity index (χ0) is 14.8. The van der Waals surface area contributed by atoms with Crippen LogP contribution >= 0.6 is 0 Å². The quantitative estimate of drug-likeness (QED) is 0.906. The molecule has 5 nitrogen and oxygen atoms in total. The fourth-order valence-corrected chi connectivity index (χ4v) is 2.45. The van der Waals surface area contributed by atoms with Gasteiger partial charge < -0.3 is 19.9 Å². The number of aliphatic hydroxyl groups excluding tert-OH is 1. The first kappa shape index (κ1) is 13.7. The molecule has 21 heavy (non-hydrogen) atoms. The van der Waals surface area contributed by atoms with Crippen LogP contribution in [0.2, 0.25) is 0 Å². The van der Waals surface area contributed by atoms with Crippen molar-refractivity contribution in [1.29, 1.82) is 0 Å². The molecule has 0 bridgehead atoms. The number of cyclic esters (lactones) is 1. The summed E-state index contributed by atoms with van der Waals surface area (Å²) < 4.78 is 10.9.